The third-order valence-electron chi connectivity index (χ3n) is 5.44. The minimum absolute atomic E-state index is 0.0182. The molecule has 0 amide bonds. The Balaban J connectivity index is 1.61. The van der Waals surface area contributed by atoms with E-state index in [-0.39, 0.29) is 34.0 Å². The average molecular weight is 521 g/mol. The van der Waals surface area contributed by atoms with Crippen LogP contribution in [0.25, 0.3) is 11.2 Å². The molecule has 0 fully saturated rings. The highest BCUT2D eigenvalue weighted by molar-refractivity contribution is 6.28. The lowest BCUT2D eigenvalue weighted by Gasteiger charge is -2.22. The third-order valence-corrected chi connectivity index (χ3v) is 5.61. The Morgan fingerprint density at radius 1 is 1.03 bits per heavy atom. The van der Waals surface area contributed by atoms with E-state index in [1.165, 1.54) is 6.33 Å². The molecule has 3 aromatic heterocycles. The van der Waals surface area contributed by atoms with Gasteiger partial charge in [0.05, 0.1) is 12.5 Å². The van der Waals surface area contributed by atoms with Gasteiger partial charge in [-0.05, 0) is 23.2 Å². The standard InChI is InChI=1S/C22H14ClF5N8/c23-22-32-20(29-7-10-4-2-1-3-5-10)18-21(33-22)36(9-30-18)19(13-8-31-35-34-13)15(26)11-6-12(24)16(27)17(28)14(11)25/h1-6,8-9,15,19H,7H2,(H,29,32,33)(H,31,34,35). The highest BCUT2D eigenvalue weighted by Gasteiger charge is 2.35. The van der Waals surface area contributed by atoms with Gasteiger partial charge in [0, 0.05) is 12.1 Å². The van der Waals surface area contributed by atoms with E-state index in [9.17, 15) is 17.6 Å². The van der Waals surface area contributed by atoms with E-state index in [4.69, 9.17) is 11.6 Å². The second kappa shape index (κ2) is 9.49. The van der Waals surface area contributed by atoms with Crippen molar-refractivity contribution in [2.24, 2.45) is 0 Å². The molecule has 0 aliphatic heterocycles. The van der Waals surface area contributed by atoms with E-state index in [1.807, 2.05) is 30.3 Å². The lowest BCUT2D eigenvalue weighted by molar-refractivity contribution is 0.249. The van der Waals surface area contributed by atoms with Crippen molar-refractivity contribution < 1.29 is 22.0 Å². The van der Waals surface area contributed by atoms with Gasteiger partial charge in [-0.2, -0.15) is 25.4 Å². The van der Waals surface area contributed by atoms with Gasteiger partial charge in [-0.3, -0.25) is 0 Å². The molecule has 5 rings (SSSR count). The van der Waals surface area contributed by atoms with Gasteiger partial charge in [0.25, 0.3) is 0 Å². The first kappa shape index (κ1) is 23.6. The first-order valence-electron chi connectivity index (χ1n) is 10.4. The summed E-state index contributed by atoms with van der Waals surface area (Å²) in [6.45, 7) is 0.355. The van der Waals surface area contributed by atoms with Gasteiger partial charge >= 0.3 is 0 Å². The number of aromatic nitrogens is 7. The molecule has 2 N–H and O–H groups in total. The van der Waals surface area contributed by atoms with E-state index in [0.29, 0.717) is 6.54 Å². The maximum absolute atomic E-state index is 15.9. The molecular weight excluding hydrogens is 507 g/mol. The number of hydrogen-bond donors (Lipinski definition) is 2. The fourth-order valence-electron chi connectivity index (χ4n) is 3.75. The van der Waals surface area contributed by atoms with Crippen molar-refractivity contribution in [1.29, 1.82) is 0 Å². The van der Waals surface area contributed by atoms with Crippen molar-refractivity contribution in [2.45, 2.75) is 18.8 Å². The number of nitrogens with zero attached hydrogens (tertiary/aromatic N) is 6. The van der Waals surface area contributed by atoms with E-state index in [1.54, 1.807) is 0 Å². The number of benzene rings is 2. The summed E-state index contributed by atoms with van der Waals surface area (Å²) in [5.74, 6) is -7.59. The summed E-state index contributed by atoms with van der Waals surface area (Å²) in [5.41, 5.74) is -0.0127. The second-order valence-corrected chi connectivity index (χ2v) is 7.97. The van der Waals surface area contributed by atoms with Crippen LogP contribution >= 0.6 is 11.6 Å². The van der Waals surface area contributed by atoms with Crippen molar-refractivity contribution in [3.05, 3.63) is 94.3 Å². The molecule has 0 saturated carbocycles. The van der Waals surface area contributed by atoms with Crippen LogP contribution in [0.2, 0.25) is 5.28 Å². The van der Waals surface area contributed by atoms with Crippen LogP contribution in [0.4, 0.5) is 27.8 Å². The van der Waals surface area contributed by atoms with Crippen LogP contribution in [0.3, 0.4) is 0 Å². The van der Waals surface area contributed by atoms with Gasteiger partial charge in [0.15, 0.2) is 46.4 Å². The maximum Gasteiger partial charge on any atom is 0.226 e. The number of rotatable bonds is 7. The Morgan fingerprint density at radius 2 is 1.81 bits per heavy atom. The Morgan fingerprint density at radius 3 is 2.53 bits per heavy atom. The van der Waals surface area contributed by atoms with Crippen LogP contribution in [0, 0.1) is 23.3 Å². The molecule has 2 atom stereocenters. The number of H-pyrrole nitrogens is 1. The minimum Gasteiger partial charge on any atom is -0.364 e. The lowest BCUT2D eigenvalue weighted by atomic mass is 10.00. The zero-order chi connectivity index (χ0) is 25.4. The van der Waals surface area contributed by atoms with Crippen molar-refractivity contribution in [2.75, 3.05) is 5.32 Å². The fraction of sp³-hybridized carbons (Fsp3) is 0.136. The summed E-state index contributed by atoms with van der Waals surface area (Å²) in [4.78, 5) is 12.5. The maximum atomic E-state index is 15.9. The Kier molecular flexibility index (Phi) is 6.22. The predicted molar refractivity (Wildman–Crippen MR) is 119 cm³/mol. The number of imidazole rings is 1. The topological polar surface area (TPSA) is 97.2 Å². The first-order chi connectivity index (χ1) is 17.3. The van der Waals surface area contributed by atoms with Crippen LogP contribution in [0.15, 0.2) is 48.9 Å². The molecule has 0 bridgehead atoms. The van der Waals surface area contributed by atoms with E-state index in [2.05, 4.69) is 35.7 Å². The molecule has 36 heavy (non-hydrogen) atoms. The second-order valence-electron chi connectivity index (χ2n) is 7.64. The normalized spacial score (nSPS) is 13.2. The van der Waals surface area contributed by atoms with Crippen molar-refractivity contribution in [3.63, 3.8) is 0 Å². The average Bonchev–Trinajstić information content (AvgIpc) is 3.55. The van der Waals surface area contributed by atoms with Crippen LogP contribution in [-0.2, 0) is 6.54 Å². The molecule has 0 spiro atoms. The minimum atomic E-state index is -2.47. The molecule has 8 nitrogen and oxygen atoms in total. The summed E-state index contributed by atoms with van der Waals surface area (Å²) in [5, 5.41) is 12.6. The predicted octanol–water partition coefficient (Wildman–Crippen LogP) is 5.07. The molecule has 0 radical (unpaired) electrons. The molecular formula is C22H14ClF5N8. The Hall–Kier alpha value is -4.13. The number of halogens is 6. The molecule has 184 valence electrons. The van der Waals surface area contributed by atoms with Crippen molar-refractivity contribution >= 4 is 28.6 Å². The van der Waals surface area contributed by atoms with Crippen LogP contribution in [-0.4, -0.2) is 34.9 Å². The highest BCUT2D eigenvalue weighted by Crippen LogP contribution is 2.39. The molecule has 0 aliphatic rings. The smallest absolute Gasteiger partial charge is 0.226 e. The number of hydrogen-bond acceptors (Lipinski definition) is 6. The van der Waals surface area contributed by atoms with E-state index >= 15 is 4.39 Å². The number of nitrogens with one attached hydrogen (secondary N) is 2. The first-order valence-corrected chi connectivity index (χ1v) is 10.7. The summed E-state index contributed by atoms with van der Waals surface area (Å²) < 4.78 is 72.7. The van der Waals surface area contributed by atoms with Crippen LogP contribution in [0.5, 0.6) is 0 Å². The summed E-state index contributed by atoms with van der Waals surface area (Å²) in [6, 6.07) is 8.03. The van der Waals surface area contributed by atoms with Gasteiger partial charge in [0.1, 0.15) is 11.7 Å². The zero-order valence-electron chi connectivity index (χ0n) is 17.9. The van der Waals surface area contributed by atoms with Crippen LogP contribution < -0.4 is 5.32 Å². The molecule has 3 heterocycles. The zero-order valence-corrected chi connectivity index (χ0v) is 18.7. The van der Waals surface area contributed by atoms with Gasteiger partial charge in [0.2, 0.25) is 5.28 Å². The molecule has 5 aromatic rings. The van der Waals surface area contributed by atoms with Crippen LogP contribution in [0.1, 0.15) is 29.0 Å². The molecule has 2 unspecified atom stereocenters. The molecule has 2 aromatic carbocycles. The molecule has 14 heteroatoms. The highest BCUT2D eigenvalue weighted by atomic mass is 35.5. The van der Waals surface area contributed by atoms with Crippen molar-refractivity contribution in [1.82, 2.24) is 34.9 Å². The Bertz CT molecular complexity index is 1530. The molecule has 0 aliphatic carbocycles. The van der Waals surface area contributed by atoms with Gasteiger partial charge in [-0.15, -0.1) is 0 Å². The summed E-state index contributed by atoms with van der Waals surface area (Å²) in [6.07, 6.45) is -0.163. The summed E-state index contributed by atoms with van der Waals surface area (Å²) >= 11 is 6.11. The fourth-order valence-corrected chi connectivity index (χ4v) is 3.91. The van der Waals surface area contributed by atoms with Gasteiger partial charge in [-0.1, -0.05) is 30.3 Å². The largest absolute Gasteiger partial charge is 0.364 e. The molecule has 0 saturated heterocycles. The van der Waals surface area contributed by atoms with E-state index < -0.39 is 41.0 Å². The Labute approximate surface area is 204 Å². The van der Waals surface area contributed by atoms with Gasteiger partial charge < -0.3 is 9.88 Å². The third kappa shape index (κ3) is 4.21. The van der Waals surface area contributed by atoms with E-state index in [0.717, 1.165) is 16.3 Å². The number of alkyl halides is 1. The number of anilines is 1. The van der Waals surface area contributed by atoms with Crippen molar-refractivity contribution in [3.8, 4) is 0 Å². The number of aromatic amines is 1. The quantitative estimate of drug-likeness (QED) is 0.135. The van der Waals surface area contributed by atoms with Gasteiger partial charge in [-0.25, -0.2) is 26.9 Å². The SMILES string of the molecule is Fc1cc(C(F)C(c2cn[nH]n2)n2cnc3c(NCc4ccccc4)nc(Cl)nc32)c(F)c(F)c1F. The number of fused-ring (bicyclic) bond motifs is 1. The summed E-state index contributed by atoms with van der Waals surface area (Å²) in [7, 11) is 0. The lowest BCUT2D eigenvalue weighted by Crippen LogP contribution is -2.19. The monoisotopic (exact) mass is 520 g/mol.